The van der Waals surface area contributed by atoms with Crippen molar-refractivity contribution in [2.75, 3.05) is 31.1 Å². The summed E-state index contributed by atoms with van der Waals surface area (Å²) in [6, 6.07) is 10.8. The molecule has 1 fully saturated rings. The van der Waals surface area contributed by atoms with Crippen molar-refractivity contribution in [1.29, 1.82) is 0 Å². The molecule has 2 aliphatic rings. The average molecular weight is 351 g/mol. The zero-order chi connectivity index (χ0) is 17.8. The molecule has 4 heteroatoms. The van der Waals surface area contributed by atoms with E-state index in [4.69, 9.17) is 4.74 Å². The fourth-order valence-electron chi connectivity index (χ4n) is 3.99. The van der Waals surface area contributed by atoms with Gasteiger partial charge in [0.25, 0.3) is 0 Å². The first-order valence-electron chi connectivity index (χ1n) is 9.82. The predicted octanol–water partition coefficient (Wildman–Crippen LogP) is 3.80. The quantitative estimate of drug-likeness (QED) is 0.909. The van der Waals surface area contributed by atoms with E-state index in [9.17, 15) is 0 Å². The van der Waals surface area contributed by atoms with Crippen molar-refractivity contribution in [3.8, 4) is 5.75 Å². The van der Waals surface area contributed by atoms with Gasteiger partial charge in [-0.1, -0.05) is 13.0 Å². The van der Waals surface area contributed by atoms with Gasteiger partial charge in [-0.05, 0) is 67.6 Å². The summed E-state index contributed by atoms with van der Waals surface area (Å²) in [5.41, 5.74) is 4.40. The molecule has 1 aromatic carbocycles. The molecule has 0 atom stereocenters. The van der Waals surface area contributed by atoms with Crippen molar-refractivity contribution < 1.29 is 4.74 Å². The summed E-state index contributed by atoms with van der Waals surface area (Å²) < 4.78 is 6.24. The predicted molar refractivity (Wildman–Crippen MR) is 106 cm³/mol. The van der Waals surface area contributed by atoms with E-state index in [0.717, 1.165) is 51.4 Å². The molecule has 4 rings (SSSR count). The van der Waals surface area contributed by atoms with Gasteiger partial charge in [0.05, 0.1) is 6.61 Å². The Balaban J connectivity index is 1.34. The second-order valence-electron chi connectivity index (χ2n) is 8.00. The van der Waals surface area contributed by atoms with Gasteiger partial charge in [0.15, 0.2) is 0 Å². The van der Waals surface area contributed by atoms with Crippen LogP contribution in [0.1, 0.15) is 37.3 Å². The molecule has 1 N–H and O–H groups in total. The zero-order valence-electron chi connectivity index (χ0n) is 15.7. The van der Waals surface area contributed by atoms with Crippen molar-refractivity contribution in [3.63, 3.8) is 0 Å². The molecule has 0 aliphatic carbocycles. The van der Waals surface area contributed by atoms with Crippen LogP contribution in [0, 0.1) is 5.41 Å². The highest BCUT2D eigenvalue weighted by Gasteiger charge is 2.31. The Morgan fingerprint density at radius 3 is 2.73 bits per heavy atom. The van der Waals surface area contributed by atoms with Crippen LogP contribution in [0.3, 0.4) is 0 Å². The lowest BCUT2D eigenvalue weighted by Gasteiger charge is -2.40. The third-order valence-electron chi connectivity index (χ3n) is 5.88. The monoisotopic (exact) mass is 351 g/mol. The lowest BCUT2D eigenvalue weighted by atomic mass is 9.81. The second kappa shape index (κ2) is 7.67. The van der Waals surface area contributed by atoms with Crippen LogP contribution in [0.15, 0.2) is 42.7 Å². The van der Waals surface area contributed by atoms with Crippen molar-refractivity contribution in [2.24, 2.45) is 5.41 Å². The van der Waals surface area contributed by atoms with Crippen molar-refractivity contribution >= 4 is 5.69 Å². The van der Waals surface area contributed by atoms with Gasteiger partial charge in [0.2, 0.25) is 0 Å². The first kappa shape index (κ1) is 17.3. The molecule has 2 aliphatic heterocycles. The summed E-state index contributed by atoms with van der Waals surface area (Å²) in [6.45, 7) is 7.39. The molecule has 0 radical (unpaired) electrons. The SMILES string of the molecule is CC1(COc2ccc3c(c2)CNCCC3)CCN(c2ccncc2)CC1. The smallest absolute Gasteiger partial charge is 0.119 e. The molecule has 0 unspecified atom stereocenters. The molecular formula is C22H29N3O. The van der Waals surface area contributed by atoms with Crippen molar-refractivity contribution in [2.45, 2.75) is 39.2 Å². The maximum atomic E-state index is 6.24. The Morgan fingerprint density at radius 2 is 1.92 bits per heavy atom. The van der Waals surface area contributed by atoms with Gasteiger partial charge < -0.3 is 15.0 Å². The number of hydrogen-bond donors (Lipinski definition) is 1. The van der Waals surface area contributed by atoms with E-state index < -0.39 is 0 Å². The number of rotatable bonds is 4. The first-order chi connectivity index (χ1) is 12.7. The van der Waals surface area contributed by atoms with E-state index in [1.165, 1.54) is 29.7 Å². The third kappa shape index (κ3) is 4.01. The number of ether oxygens (including phenoxy) is 1. The van der Waals surface area contributed by atoms with Crippen LogP contribution in [0.2, 0.25) is 0 Å². The Kier molecular flexibility index (Phi) is 5.11. The van der Waals surface area contributed by atoms with E-state index in [-0.39, 0.29) is 5.41 Å². The standard InChI is InChI=1S/C22H29N3O/c1-22(8-13-25(14-9-22)20-6-11-23-12-7-20)17-26-21-5-4-18-3-2-10-24-16-19(18)15-21/h4-7,11-12,15,24H,2-3,8-10,13-14,16-17H2,1H3. The summed E-state index contributed by atoms with van der Waals surface area (Å²) in [5.74, 6) is 1.02. The fraction of sp³-hybridized carbons (Fsp3) is 0.500. The average Bonchev–Trinajstić information content (AvgIpc) is 2.93. The van der Waals surface area contributed by atoms with E-state index in [2.05, 4.69) is 52.5 Å². The largest absolute Gasteiger partial charge is 0.493 e. The summed E-state index contributed by atoms with van der Waals surface area (Å²) in [6.07, 6.45) is 8.45. The lowest BCUT2D eigenvalue weighted by molar-refractivity contribution is 0.131. The molecule has 4 nitrogen and oxygen atoms in total. The van der Waals surface area contributed by atoms with Crippen molar-refractivity contribution in [3.05, 3.63) is 53.9 Å². The molecule has 2 aromatic rings. The minimum Gasteiger partial charge on any atom is -0.493 e. The summed E-state index contributed by atoms with van der Waals surface area (Å²) in [5, 5.41) is 3.50. The van der Waals surface area contributed by atoms with Crippen LogP contribution in [0.4, 0.5) is 5.69 Å². The number of fused-ring (bicyclic) bond motifs is 1. The van der Waals surface area contributed by atoms with Crippen LogP contribution in [0.25, 0.3) is 0 Å². The van der Waals surface area contributed by atoms with Gasteiger partial charge >= 0.3 is 0 Å². The number of nitrogens with one attached hydrogen (secondary N) is 1. The number of benzene rings is 1. The van der Waals surface area contributed by atoms with Gasteiger partial charge in [-0.2, -0.15) is 0 Å². The molecule has 3 heterocycles. The maximum Gasteiger partial charge on any atom is 0.119 e. The molecule has 0 bridgehead atoms. The van der Waals surface area contributed by atoms with Gasteiger partial charge in [0.1, 0.15) is 5.75 Å². The number of piperidine rings is 1. The molecular weight excluding hydrogens is 322 g/mol. The molecule has 0 amide bonds. The van der Waals surface area contributed by atoms with E-state index in [1.54, 1.807) is 0 Å². The van der Waals surface area contributed by atoms with Crippen LogP contribution in [-0.2, 0) is 13.0 Å². The highest BCUT2D eigenvalue weighted by molar-refractivity contribution is 5.45. The van der Waals surface area contributed by atoms with Gasteiger partial charge in [-0.3, -0.25) is 4.98 Å². The van der Waals surface area contributed by atoms with Gasteiger partial charge in [-0.25, -0.2) is 0 Å². The zero-order valence-corrected chi connectivity index (χ0v) is 15.7. The second-order valence-corrected chi connectivity index (χ2v) is 8.00. The van der Waals surface area contributed by atoms with Gasteiger partial charge in [0, 0.05) is 43.1 Å². The summed E-state index contributed by atoms with van der Waals surface area (Å²) in [4.78, 5) is 6.57. The van der Waals surface area contributed by atoms with Crippen LogP contribution < -0.4 is 15.0 Å². The van der Waals surface area contributed by atoms with Crippen LogP contribution in [-0.4, -0.2) is 31.2 Å². The first-order valence-corrected chi connectivity index (χ1v) is 9.82. The third-order valence-corrected chi connectivity index (χ3v) is 5.88. The van der Waals surface area contributed by atoms with E-state index in [0.29, 0.717) is 0 Å². The number of hydrogen-bond acceptors (Lipinski definition) is 4. The van der Waals surface area contributed by atoms with E-state index in [1.807, 2.05) is 12.4 Å². The number of pyridine rings is 1. The lowest BCUT2D eigenvalue weighted by Crippen LogP contribution is -2.41. The summed E-state index contributed by atoms with van der Waals surface area (Å²) >= 11 is 0. The number of anilines is 1. The molecule has 1 saturated heterocycles. The van der Waals surface area contributed by atoms with Crippen molar-refractivity contribution in [1.82, 2.24) is 10.3 Å². The molecule has 138 valence electrons. The Hall–Kier alpha value is -2.07. The highest BCUT2D eigenvalue weighted by Crippen LogP contribution is 2.34. The number of aryl methyl sites for hydroxylation is 1. The highest BCUT2D eigenvalue weighted by atomic mass is 16.5. The number of nitrogens with zero attached hydrogens (tertiary/aromatic N) is 2. The Bertz CT molecular complexity index is 723. The van der Waals surface area contributed by atoms with Crippen LogP contribution >= 0.6 is 0 Å². The number of aromatic nitrogens is 1. The minimum atomic E-state index is 0.245. The molecule has 0 saturated carbocycles. The molecule has 1 aromatic heterocycles. The summed E-state index contributed by atoms with van der Waals surface area (Å²) in [7, 11) is 0. The minimum absolute atomic E-state index is 0.245. The Labute approximate surface area is 156 Å². The van der Waals surface area contributed by atoms with E-state index >= 15 is 0 Å². The topological polar surface area (TPSA) is 37.4 Å². The Morgan fingerprint density at radius 1 is 1.12 bits per heavy atom. The fourth-order valence-corrected chi connectivity index (χ4v) is 3.99. The maximum absolute atomic E-state index is 6.24. The normalized spacial score (nSPS) is 19.5. The van der Waals surface area contributed by atoms with Gasteiger partial charge in [-0.15, -0.1) is 0 Å². The van der Waals surface area contributed by atoms with Crippen LogP contribution in [0.5, 0.6) is 5.75 Å². The molecule has 26 heavy (non-hydrogen) atoms. The molecule has 0 spiro atoms.